The summed E-state index contributed by atoms with van der Waals surface area (Å²) < 4.78 is 48.8. The zero-order chi connectivity index (χ0) is 22.2. The molecule has 7 nitrogen and oxygen atoms in total. The third kappa shape index (κ3) is 7.13. The summed E-state index contributed by atoms with van der Waals surface area (Å²) >= 11 is 0. The van der Waals surface area contributed by atoms with E-state index >= 15 is 0 Å². The highest BCUT2D eigenvalue weighted by atomic mass is 19.4. The van der Waals surface area contributed by atoms with Gasteiger partial charge in [-0.15, -0.1) is 0 Å². The Hall–Kier alpha value is -3.04. The van der Waals surface area contributed by atoms with Crippen molar-refractivity contribution in [3.63, 3.8) is 0 Å². The fourth-order valence-electron chi connectivity index (χ4n) is 2.47. The van der Waals surface area contributed by atoms with Crippen LogP contribution in [0.4, 0.5) is 23.7 Å². The number of ether oxygens (including phenoxy) is 2. The maximum atomic E-state index is 12.9. The Kier molecular flexibility index (Phi) is 8.68. The molecule has 0 aromatic heterocycles. The molecule has 0 aliphatic carbocycles. The topological polar surface area (TPSA) is 80.2 Å². The number of anilines is 1. The van der Waals surface area contributed by atoms with Gasteiger partial charge in [0.25, 0.3) is 0 Å². The number of esters is 1. The number of alkyl halides is 3. The number of halogens is 3. The van der Waals surface area contributed by atoms with E-state index in [9.17, 15) is 22.8 Å². The van der Waals surface area contributed by atoms with Crippen LogP contribution in [-0.4, -0.2) is 42.5 Å². The van der Waals surface area contributed by atoms with E-state index in [1.807, 2.05) is 0 Å². The van der Waals surface area contributed by atoms with Crippen LogP contribution in [0.2, 0.25) is 0 Å². The molecule has 160 valence electrons. The molecular weight excluding hydrogens is 391 g/mol. The number of hydrogen-bond donors (Lipinski definition) is 1. The van der Waals surface area contributed by atoms with Crippen LogP contribution in [0.15, 0.2) is 30.0 Å². The molecule has 1 unspecified atom stereocenters. The van der Waals surface area contributed by atoms with Gasteiger partial charge in [0.15, 0.2) is 0 Å². The van der Waals surface area contributed by atoms with E-state index < -0.39 is 29.9 Å². The van der Waals surface area contributed by atoms with Crippen molar-refractivity contribution in [1.82, 2.24) is 5.01 Å². The Morgan fingerprint density at radius 3 is 2.34 bits per heavy atom. The SMILES string of the molecule is C=CN(CC(OC(=O)Nc1c(C)cc(C(F)(F)F)cc1C)C(=O)OCC)/N=C\C. The van der Waals surface area contributed by atoms with E-state index in [1.165, 1.54) is 31.3 Å². The standard InChI is InChI=1S/C19H24F3N3O4/c1-6-23-25(7-2)11-15(17(26)28-8-3)29-18(27)24-16-12(4)9-14(10-13(16)5)19(20,21)22/h6-7,9-10,15H,2,8,11H2,1,3-5H3,(H,24,27)/b23-6-. The second-order valence-corrected chi connectivity index (χ2v) is 5.93. The second-order valence-electron chi connectivity index (χ2n) is 5.93. The van der Waals surface area contributed by atoms with Crippen LogP contribution in [0.25, 0.3) is 0 Å². The van der Waals surface area contributed by atoms with Gasteiger partial charge < -0.3 is 9.47 Å². The lowest BCUT2D eigenvalue weighted by atomic mass is 10.0. The number of carbonyl (C=O) groups excluding carboxylic acids is 2. The Balaban J connectivity index is 3.00. The summed E-state index contributed by atoms with van der Waals surface area (Å²) in [4.78, 5) is 24.4. The minimum Gasteiger partial charge on any atom is -0.463 e. The molecule has 10 heteroatoms. The molecule has 1 aromatic rings. The molecule has 0 aliphatic heterocycles. The monoisotopic (exact) mass is 415 g/mol. The number of nitrogens with zero attached hydrogens (tertiary/aromatic N) is 2. The Morgan fingerprint density at radius 1 is 1.31 bits per heavy atom. The number of hydrogen-bond acceptors (Lipinski definition) is 6. The van der Waals surface area contributed by atoms with Crippen LogP contribution in [-0.2, 0) is 20.4 Å². The lowest BCUT2D eigenvalue weighted by Crippen LogP contribution is -2.38. The van der Waals surface area contributed by atoms with E-state index in [2.05, 4.69) is 17.0 Å². The van der Waals surface area contributed by atoms with Gasteiger partial charge in [0.05, 0.1) is 18.7 Å². The van der Waals surface area contributed by atoms with Crippen molar-refractivity contribution < 1.29 is 32.2 Å². The van der Waals surface area contributed by atoms with E-state index in [-0.39, 0.29) is 30.0 Å². The molecule has 1 N–H and O–H groups in total. The number of carbonyl (C=O) groups is 2. The molecule has 0 saturated heterocycles. The van der Waals surface area contributed by atoms with E-state index in [4.69, 9.17) is 9.47 Å². The van der Waals surface area contributed by atoms with Crippen molar-refractivity contribution >= 4 is 24.0 Å². The molecule has 0 radical (unpaired) electrons. The smallest absolute Gasteiger partial charge is 0.416 e. The minimum atomic E-state index is -4.50. The number of rotatable bonds is 8. The third-order valence-electron chi connectivity index (χ3n) is 3.71. The van der Waals surface area contributed by atoms with Gasteiger partial charge in [-0.2, -0.15) is 18.3 Å². The summed E-state index contributed by atoms with van der Waals surface area (Å²) in [5, 5.41) is 7.61. The number of hydrazone groups is 1. The van der Waals surface area contributed by atoms with Gasteiger partial charge in [0.2, 0.25) is 6.10 Å². The van der Waals surface area contributed by atoms with Crippen molar-refractivity contribution in [2.45, 2.75) is 40.0 Å². The molecule has 0 aliphatic rings. The molecule has 1 amide bonds. The van der Waals surface area contributed by atoms with Gasteiger partial charge in [-0.3, -0.25) is 10.3 Å². The van der Waals surface area contributed by atoms with Gasteiger partial charge >= 0.3 is 18.2 Å². The summed E-state index contributed by atoms with van der Waals surface area (Å²) in [6, 6.07) is 1.84. The Morgan fingerprint density at radius 2 is 1.90 bits per heavy atom. The van der Waals surface area contributed by atoms with Crippen LogP contribution in [0.3, 0.4) is 0 Å². The highest BCUT2D eigenvalue weighted by molar-refractivity contribution is 5.89. The number of amides is 1. The fourth-order valence-corrected chi connectivity index (χ4v) is 2.47. The number of nitrogens with one attached hydrogen (secondary N) is 1. The summed E-state index contributed by atoms with van der Waals surface area (Å²) in [5.74, 6) is -0.790. The Labute approximate surface area is 167 Å². The second kappa shape index (κ2) is 10.5. The molecule has 1 rings (SSSR count). The lowest BCUT2D eigenvalue weighted by Gasteiger charge is -2.22. The first-order valence-corrected chi connectivity index (χ1v) is 8.73. The van der Waals surface area contributed by atoms with Crippen molar-refractivity contribution in [1.29, 1.82) is 0 Å². The zero-order valence-electron chi connectivity index (χ0n) is 16.7. The lowest BCUT2D eigenvalue weighted by molar-refractivity contribution is -0.153. The quantitative estimate of drug-likeness (QED) is 0.390. The van der Waals surface area contributed by atoms with Crippen LogP contribution in [0, 0.1) is 13.8 Å². The predicted molar refractivity (Wildman–Crippen MR) is 103 cm³/mol. The van der Waals surface area contributed by atoms with Crippen molar-refractivity contribution in [2.75, 3.05) is 18.5 Å². The molecule has 0 saturated carbocycles. The summed E-state index contributed by atoms with van der Waals surface area (Å²) in [5.41, 5.74) is -0.261. The van der Waals surface area contributed by atoms with Crippen LogP contribution in [0.1, 0.15) is 30.5 Å². The molecule has 0 heterocycles. The first-order valence-electron chi connectivity index (χ1n) is 8.73. The third-order valence-corrected chi connectivity index (χ3v) is 3.71. The minimum absolute atomic E-state index is 0.0720. The maximum absolute atomic E-state index is 12.9. The van der Waals surface area contributed by atoms with Crippen molar-refractivity contribution in [3.8, 4) is 0 Å². The molecule has 0 fully saturated rings. The molecule has 1 atom stereocenters. The van der Waals surface area contributed by atoms with E-state index in [0.29, 0.717) is 0 Å². The average molecular weight is 415 g/mol. The van der Waals surface area contributed by atoms with Gasteiger partial charge in [-0.05, 0) is 51.0 Å². The number of aryl methyl sites for hydroxylation is 2. The van der Waals surface area contributed by atoms with Crippen molar-refractivity contribution in [2.24, 2.45) is 5.10 Å². The average Bonchev–Trinajstić information content (AvgIpc) is 2.62. The number of benzene rings is 1. The van der Waals surface area contributed by atoms with Crippen LogP contribution < -0.4 is 5.32 Å². The molecule has 0 spiro atoms. The maximum Gasteiger partial charge on any atom is 0.416 e. The zero-order valence-corrected chi connectivity index (χ0v) is 16.7. The summed E-state index contributed by atoms with van der Waals surface area (Å²) in [6.45, 7) is 9.57. The van der Waals surface area contributed by atoms with Gasteiger partial charge in [-0.25, -0.2) is 9.59 Å². The van der Waals surface area contributed by atoms with Gasteiger partial charge in [0, 0.05) is 18.1 Å². The highest BCUT2D eigenvalue weighted by Gasteiger charge is 2.32. The van der Waals surface area contributed by atoms with Gasteiger partial charge in [0.1, 0.15) is 0 Å². The highest BCUT2D eigenvalue weighted by Crippen LogP contribution is 2.33. The molecule has 0 bridgehead atoms. The van der Waals surface area contributed by atoms with E-state index in [1.54, 1.807) is 13.8 Å². The largest absolute Gasteiger partial charge is 0.463 e. The predicted octanol–water partition coefficient (Wildman–Crippen LogP) is 4.25. The normalized spacial score (nSPS) is 12.4. The summed E-state index contributed by atoms with van der Waals surface area (Å²) in [6.07, 6.45) is -4.06. The molecule has 1 aromatic carbocycles. The molecule has 29 heavy (non-hydrogen) atoms. The summed E-state index contributed by atoms with van der Waals surface area (Å²) in [7, 11) is 0. The van der Waals surface area contributed by atoms with Crippen LogP contribution >= 0.6 is 0 Å². The Bertz CT molecular complexity index is 755. The molecular formula is C19H24F3N3O4. The van der Waals surface area contributed by atoms with E-state index in [0.717, 1.165) is 12.1 Å². The fraction of sp³-hybridized carbons (Fsp3) is 0.421. The van der Waals surface area contributed by atoms with Crippen LogP contribution in [0.5, 0.6) is 0 Å². The van der Waals surface area contributed by atoms with Gasteiger partial charge in [-0.1, -0.05) is 6.58 Å². The van der Waals surface area contributed by atoms with Crippen molar-refractivity contribution in [3.05, 3.63) is 41.6 Å². The first-order chi connectivity index (χ1) is 13.5. The first kappa shape index (κ1) is 24.0.